The summed E-state index contributed by atoms with van der Waals surface area (Å²) in [5, 5.41) is 9.36. The van der Waals surface area contributed by atoms with E-state index < -0.39 is 5.97 Å². The van der Waals surface area contributed by atoms with Gasteiger partial charge in [-0.05, 0) is 18.3 Å². The number of rotatable bonds is 3. The zero-order chi connectivity index (χ0) is 11.6. The van der Waals surface area contributed by atoms with E-state index in [1.165, 1.54) is 19.3 Å². The van der Waals surface area contributed by atoms with E-state index in [0.717, 1.165) is 25.9 Å². The standard InChI is InChI=1S/C13H21NO2.ClH/c1-2-8-14-9-11(12(15)16)13(10-14)6-4-3-5-7-13;/h2,11H,1,3-10H2,(H,15,16);1H. The van der Waals surface area contributed by atoms with Gasteiger partial charge in [0.15, 0.2) is 0 Å². The van der Waals surface area contributed by atoms with E-state index in [0.29, 0.717) is 6.54 Å². The lowest BCUT2D eigenvalue weighted by Crippen LogP contribution is -2.36. The smallest absolute Gasteiger partial charge is 0.308 e. The van der Waals surface area contributed by atoms with E-state index in [9.17, 15) is 9.90 Å². The quantitative estimate of drug-likeness (QED) is 0.792. The first-order chi connectivity index (χ1) is 7.68. The van der Waals surface area contributed by atoms with E-state index in [2.05, 4.69) is 11.5 Å². The Balaban J connectivity index is 0.00000144. The van der Waals surface area contributed by atoms with Gasteiger partial charge in [-0.3, -0.25) is 9.69 Å². The van der Waals surface area contributed by atoms with Crippen LogP contribution >= 0.6 is 12.4 Å². The number of halogens is 1. The lowest BCUT2D eigenvalue weighted by Gasteiger charge is -2.36. The summed E-state index contributed by atoms with van der Waals surface area (Å²) < 4.78 is 0. The average molecular weight is 260 g/mol. The van der Waals surface area contributed by atoms with Gasteiger partial charge in [0.2, 0.25) is 0 Å². The summed E-state index contributed by atoms with van der Waals surface area (Å²) in [6, 6.07) is 0. The maximum absolute atomic E-state index is 11.4. The minimum absolute atomic E-state index is 0. The van der Waals surface area contributed by atoms with E-state index in [4.69, 9.17) is 0 Å². The van der Waals surface area contributed by atoms with Crippen LogP contribution in [0.25, 0.3) is 0 Å². The van der Waals surface area contributed by atoms with E-state index in [-0.39, 0.29) is 23.7 Å². The fourth-order valence-corrected chi connectivity index (χ4v) is 3.50. The molecule has 1 unspecified atom stereocenters. The van der Waals surface area contributed by atoms with Crippen LogP contribution in [0, 0.1) is 11.3 Å². The zero-order valence-electron chi connectivity index (χ0n) is 10.2. The molecule has 1 saturated carbocycles. The molecular weight excluding hydrogens is 238 g/mol. The Hall–Kier alpha value is -0.540. The minimum atomic E-state index is -0.603. The largest absolute Gasteiger partial charge is 0.481 e. The van der Waals surface area contributed by atoms with Gasteiger partial charge in [-0.2, -0.15) is 0 Å². The Kier molecular flexibility index (Phi) is 5.02. The van der Waals surface area contributed by atoms with Gasteiger partial charge in [0.25, 0.3) is 0 Å². The number of hydrogen-bond donors (Lipinski definition) is 1. The third kappa shape index (κ3) is 2.83. The van der Waals surface area contributed by atoms with E-state index >= 15 is 0 Å². The van der Waals surface area contributed by atoms with Crippen molar-refractivity contribution in [3.05, 3.63) is 12.7 Å². The molecule has 1 heterocycles. The molecule has 1 atom stereocenters. The molecule has 17 heavy (non-hydrogen) atoms. The van der Waals surface area contributed by atoms with E-state index in [1.807, 2.05) is 6.08 Å². The number of nitrogens with zero attached hydrogens (tertiary/aromatic N) is 1. The van der Waals surface area contributed by atoms with Crippen molar-refractivity contribution in [3.63, 3.8) is 0 Å². The number of hydrogen-bond acceptors (Lipinski definition) is 2. The molecule has 98 valence electrons. The van der Waals surface area contributed by atoms with Gasteiger partial charge < -0.3 is 5.11 Å². The Bertz CT molecular complexity index is 287. The molecule has 0 radical (unpaired) electrons. The first kappa shape index (κ1) is 14.5. The summed E-state index contributed by atoms with van der Waals surface area (Å²) in [7, 11) is 0. The number of likely N-dealkylation sites (tertiary alicyclic amines) is 1. The van der Waals surface area contributed by atoms with Crippen LogP contribution in [0.4, 0.5) is 0 Å². The summed E-state index contributed by atoms with van der Waals surface area (Å²) in [4.78, 5) is 13.6. The van der Waals surface area contributed by atoms with Gasteiger partial charge in [-0.25, -0.2) is 0 Å². The lowest BCUT2D eigenvalue weighted by molar-refractivity contribution is -0.145. The van der Waals surface area contributed by atoms with Crippen LogP contribution in [-0.2, 0) is 4.79 Å². The number of carbonyl (C=O) groups is 1. The van der Waals surface area contributed by atoms with Crippen LogP contribution in [0.5, 0.6) is 0 Å². The van der Waals surface area contributed by atoms with Gasteiger partial charge in [0.05, 0.1) is 5.92 Å². The van der Waals surface area contributed by atoms with Crippen molar-refractivity contribution in [2.45, 2.75) is 32.1 Å². The molecule has 0 aromatic carbocycles. The molecule has 4 heteroatoms. The van der Waals surface area contributed by atoms with Crippen LogP contribution in [0.1, 0.15) is 32.1 Å². The molecule has 1 saturated heterocycles. The summed E-state index contributed by atoms with van der Waals surface area (Å²) >= 11 is 0. The Morgan fingerprint density at radius 3 is 2.59 bits per heavy atom. The van der Waals surface area contributed by atoms with Crippen molar-refractivity contribution in [2.75, 3.05) is 19.6 Å². The van der Waals surface area contributed by atoms with Gasteiger partial charge in [0.1, 0.15) is 0 Å². The molecule has 2 rings (SSSR count). The number of carboxylic acids is 1. The number of aliphatic carboxylic acids is 1. The van der Waals surface area contributed by atoms with Crippen LogP contribution in [-0.4, -0.2) is 35.6 Å². The summed E-state index contributed by atoms with van der Waals surface area (Å²) in [6.45, 7) is 6.23. The van der Waals surface area contributed by atoms with Crippen LogP contribution < -0.4 is 0 Å². The lowest BCUT2D eigenvalue weighted by atomic mass is 9.68. The van der Waals surface area contributed by atoms with Crippen LogP contribution in [0.15, 0.2) is 12.7 Å². The molecule has 1 N–H and O–H groups in total. The van der Waals surface area contributed by atoms with Crippen LogP contribution in [0.3, 0.4) is 0 Å². The molecule has 0 amide bonds. The molecule has 0 bridgehead atoms. The maximum atomic E-state index is 11.4. The molecule has 3 nitrogen and oxygen atoms in total. The molecule has 0 aromatic rings. The summed E-state index contributed by atoms with van der Waals surface area (Å²) in [5.74, 6) is -0.763. The normalized spacial score (nSPS) is 27.6. The first-order valence-corrected chi connectivity index (χ1v) is 6.24. The molecule has 1 aliphatic carbocycles. The highest BCUT2D eigenvalue weighted by molar-refractivity contribution is 5.85. The van der Waals surface area contributed by atoms with Gasteiger partial charge in [-0.1, -0.05) is 25.3 Å². The van der Waals surface area contributed by atoms with Crippen molar-refractivity contribution in [2.24, 2.45) is 11.3 Å². The molecular formula is C13H22ClNO2. The second kappa shape index (κ2) is 5.87. The molecule has 1 spiro atoms. The second-order valence-corrected chi connectivity index (χ2v) is 5.30. The Morgan fingerprint density at radius 1 is 1.41 bits per heavy atom. The van der Waals surface area contributed by atoms with Gasteiger partial charge in [-0.15, -0.1) is 19.0 Å². The van der Waals surface area contributed by atoms with Crippen molar-refractivity contribution in [3.8, 4) is 0 Å². The average Bonchev–Trinajstić information content (AvgIpc) is 2.59. The van der Waals surface area contributed by atoms with E-state index in [1.54, 1.807) is 0 Å². The van der Waals surface area contributed by atoms with Crippen molar-refractivity contribution in [1.82, 2.24) is 4.90 Å². The fraction of sp³-hybridized carbons (Fsp3) is 0.769. The monoisotopic (exact) mass is 259 g/mol. The predicted molar refractivity (Wildman–Crippen MR) is 70.5 cm³/mol. The fourth-order valence-electron chi connectivity index (χ4n) is 3.50. The molecule has 2 aliphatic rings. The van der Waals surface area contributed by atoms with Gasteiger partial charge >= 0.3 is 5.97 Å². The topological polar surface area (TPSA) is 40.5 Å². The third-order valence-electron chi connectivity index (χ3n) is 4.25. The van der Waals surface area contributed by atoms with Crippen molar-refractivity contribution < 1.29 is 9.90 Å². The predicted octanol–water partition coefficient (Wildman–Crippen LogP) is 2.56. The third-order valence-corrected chi connectivity index (χ3v) is 4.25. The number of carboxylic acid groups (broad SMARTS) is 1. The first-order valence-electron chi connectivity index (χ1n) is 6.24. The molecule has 2 fully saturated rings. The minimum Gasteiger partial charge on any atom is -0.481 e. The maximum Gasteiger partial charge on any atom is 0.308 e. The summed E-state index contributed by atoms with van der Waals surface area (Å²) in [5.41, 5.74) is 0.0626. The Morgan fingerprint density at radius 2 is 2.06 bits per heavy atom. The SMILES string of the molecule is C=CCN1CC(C(=O)O)C2(CCCCC2)C1.Cl. The van der Waals surface area contributed by atoms with Crippen molar-refractivity contribution in [1.29, 1.82) is 0 Å². The highest BCUT2D eigenvalue weighted by atomic mass is 35.5. The molecule has 1 aliphatic heterocycles. The van der Waals surface area contributed by atoms with Crippen molar-refractivity contribution >= 4 is 18.4 Å². The highest BCUT2D eigenvalue weighted by Crippen LogP contribution is 2.47. The van der Waals surface area contributed by atoms with Gasteiger partial charge in [0, 0.05) is 19.6 Å². The molecule has 0 aromatic heterocycles. The highest BCUT2D eigenvalue weighted by Gasteiger charge is 2.49. The van der Waals surface area contributed by atoms with Crippen LogP contribution in [0.2, 0.25) is 0 Å². The Labute approximate surface area is 109 Å². The zero-order valence-corrected chi connectivity index (χ0v) is 11.0. The second-order valence-electron chi connectivity index (χ2n) is 5.30. The summed E-state index contributed by atoms with van der Waals surface area (Å²) in [6.07, 6.45) is 7.74.